The molecule has 39 heavy (non-hydrogen) atoms. The molecule has 2 aliphatic heterocycles. The maximum absolute atomic E-state index is 13.0. The summed E-state index contributed by atoms with van der Waals surface area (Å²) < 4.78 is 11.4. The molecule has 4 rings (SSSR count). The van der Waals surface area contributed by atoms with Crippen molar-refractivity contribution in [3.8, 4) is 5.75 Å². The average molecular weight is 537 g/mol. The first-order valence-electron chi connectivity index (χ1n) is 14.4. The molecule has 2 aliphatic rings. The number of hydrogen-bond donors (Lipinski definition) is 1. The van der Waals surface area contributed by atoms with E-state index in [0.29, 0.717) is 45.6 Å². The van der Waals surface area contributed by atoms with Gasteiger partial charge < -0.3 is 19.7 Å². The smallest absolute Gasteiger partial charge is 0.234 e. The van der Waals surface area contributed by atoms with Gasteiger partial charge in [0.2, 0.25) is 11.8 Å². The summed E-state index contributed by atoms with van der Waals surface area (Å²) in [6.45, 7) is 7.95. The highest BCUT2D eigenvalue weighted by Gasteiger charge is 2.21. The molecule has 1 N–H and O–H groups in total. The van der Waals surface area contributed by atoms with Gasteiger partial charge in [-0.05, 0) is 42.9 Å². The van der Waals surface area contributed by atoms with Gasteiger partial charge in [0.05, 0.1) is 19.8 Å². The number of carbonyl (C=O) groups excluding carboxylic acids is 2. The van der Waals surface area contributed by atoms with E-state index in [1.807, 2.05) is 29.2 Å². The van der Waals surface area contributed by atoms with E-state index in [2.05, 4.69) is 39.4 Å². The second-order valence-electron chi connectivity index (χ2n) is 10.5. The number of piperazine rings is 1. The molecule has 0 atom stereocenters. The van der Waals surface area contributed by atoms with Gasteiger partial charge in [-0.2, -0.15) is 0 Å². The summed E-state index contributed by atoms with van der Waals surface area (Å²) in [5.41, 5.74) is 3.36. The molecule has 0 aliphatic carbocycles. The van der Waals surface area contributed by atoms with E-state index in [1.54, 1.807) is 7.11 Å². The Bertz CT molecular complexity index is 1040. The lowest BCUT2D eigenvalue weighted by Crippen LogP contribution is -2.49. The van der Waals surface area contributed by atoms with Crippen molar-refractivity contribution in [1.29, 1.82) is 0 Å². The number of aryl methyl sites for hydroxylation is 1. The number of ether oxygens (including phenoxy) is 2. The molecule has 1 fully saturated rings. The molecule has 0 unspecified atom stereocenters. The fourth-order valence-corrected chi connectivity index (χ4v) is 5.23. The third-order valence-corrected chi connectivity index (χ3v) is 7.50. The maximum Gasteiger partial charge on any atom is 0.234 e. The summed E-state index contributed by atoms with van der Waals surface area (Å²) in [4.78, 5) is 32.2. The number of fused-ring (bicyclic) bond motifs is 1. The highest BCUT2D eigenvalue weighted by molar-refractivity contribution is 5.78. The summed E-state index contributed by atoms with van der Waals surface area (Å²) >= 11 is 0. The van der Waals surface area contributed by atoms with E-state index in [9.17, 15) is 9.59 Å². The van der Waals surface area contributed by atoms with Crippen molar-refractivity contribution in [3.63, 3.8) is 0 Å². The Labute approximate surface area is 233 Å². The largest absolute Gasteiger partial charge is 0.493 e. The molecule has 8 nitrogen and oxygen atoms in total. The number of amides is 2. The third kappa shape index (κ3) is 9.64. The fraction of sp³-hybridized carbons (Fsp3) is 0.548. The normalized spacial score (nSPS) is 18.2. The van der Waals surface area contributed by atoms with E-state index in [1.165, 1.54) is 5.56 Å². The zero-order chi connectivity index (χ0) is 27.3. The average Bonchev–Trinajstić information content (AvgIpc) is 2.97. The number of rotatable bonds is 8. The minimum Gasteiger partial charge on any atom is -0.493 e. The highest BCUT2D eigenvalue weighted by atomic mass is 16.5. The molecule has 0 aromatic heterocycles. The molecule has 2 heterocycles. The van der Waals surface area contributed by atoms with Crippen LogP contribution in [0.3, 0.4) is 0 Å². The van der Waals surface area contributed by atoms with Crippen LogP contribution in [0.25, 0.3) is 0 Å². The lowest BCUT2D eigenvalue weighted by molar-refractivity contribution is -0.133. The Kier molecular flexibility index (Phi) is 11.6. The summed E-state index contributed by atoms with van der Waals surface area (Å²) in [6.07, 6.45) is 4.11. The van der Waals surface area contributed by atoms with E-state index >= 15 is 0 Å². The first-order valence-corrected chi connectivity index (χ1v) is 14.4. The van der Waals surface area contributed by atoms with Gasteiger partial charge in [-0.15, -0.1) is 0 Å². The number of hydrogen-bond acceptors (Lipinski definition) is 6. The molecule has 1 saturated heterocycles. The van der Waals surface area contributed by atoms with Crippen LogP contribution in [0.2, 0.25) is 0 Å². The minimum atomic E-state index is 0.0525. The summed E-state index contributed by atoms with van der Waals surface area (Å²) in [7, 11) is 1.72. The van der Waals surface area contributed by atoms with Crippen LogP contribution in [-0.2, 0) is 33.8 Å². The fourth-order valence-electron chi connectivity index (χ4n) is 5.23. The highest BCUT2D eigenvalue weighted by Crippen LogP contribution is 2.25. The maximum atomic E-state index is 13.0. The first kappa shape index (κ1) is 29.1. The quantitative estimate of drug-likeness (QED) is 0.559. The van der Waals surface area contributed by atoms with Crippen LogP contribution in [0.4, 0.5) is 0 Å². The van der Waals surface area contributed by atoms with Crippen molar-refractivity contribution in [2.75, 3.05) is 66.1 Å². The van der Waals surface area contributed by atoms with Gasteiger partial charge in [0.25, 0.3) is 0 Å². The second-order valence-corrected chi connectivity index (χ2v) is 10.5. The Morgan fingerprint density at radius 1 is 0.949 bits per heavy atom. The van der Waals surface area contributed by atoms with Gasteiger partial charge >= 0.3 is 0 Å². The van der Waals surface area contributed by atoms with Gasteiger partial charge in [0.15, 0.2) is 0 Å². The number of nitrogens with zero attached hydrogens (tertiary/aromatic N) is 3. The van der Waals surface area contributed by atoms with Crippen LogP contribution < -0.4 is 10.1 Å². The predicted molar refractivity (Wildman–Crippen MR) is 153 cm³/mol. The third-order valence-electron chi connectivity index (χ3n) is 7.50. The van der Waals surface area contributed by atoms with Crippen LogP contribution in [0.5, 0.6) is 5.75 Å². The summed E-state index contributed by atoms with van der Waals surface area (Å²) in [5, 5.41) is 3.08. The standard InChI is InChI=1S/C31H44N4O4/c1-38-21-19-33-15-17-35(18-16-33)31(37)13-11-26-10-12-29-28(22-26)24-34(23-27-8-4-2-5-9-27)25-30(36)32-14-6-3-7-20-39-29/h2,4-5,8-10,12,22H,3,6-7,11,13-21,23-25H2,1H3,(H,32,36). The lowest BCUT2D eigenvalue weighted by Gasteiger charge is -2.34. The first-order chi connectivity index (χ1) is 19.1. The number of nitrogens with one attached hydrogen (secondary N) is 1. The minimum absolute atomic E-state index is 0.0525. The molecule has 2 aromatic carbocycles. The molecule has 2 aromatic rings. The number of benzene rings is 2. The zero-order valence-corrected chi connectivity index (χ0v) is 23.4. The van der Waals surface area contributed by atoms with Crippen molar-refractivity contribution in [3.05, 3.63) is 65.2 Å². The molecule has 0 bridgehead atoms. The molecule has 0 radical (unpaired) electrons. The van der Waals surface area contributed by atoms with Crippen molar-refractivity contribution < 1.29 is 19.1 Å². The molecule has 212 valence electrons. The van der Waals surface area contributed by atoms with Crippen molar-refractivity contribution in [2.24, 2.45) is 0 Å². The molecule has 0 spiro atoms. The zero-order valence-electron chi connectivity index (χ0n) is 23.4. The predicted octanol–water partition coefficient (Wildman–Crippen LogP) is 3.09. The summed E-state index contributed by atoms with van der Waals surface area (Å²) in [5.74, 6) is 1.13. The van der Waals surface area contributed by atoms with Crippen molar-refractivity contribution in [2.45, 2.75) is 45.2 Å². The van der Waals surface area contributed by atoms with Crippen LogP contribution in [0.1, 0.15) is 42.4 Å². The van der Waals surface area contributed by atoms with Crippen LogP contribution >= 0.6 is 0 Å². The van der Waals surface area contributed by atoms with Gasteiger partial charge in [-0.1, -0.05) is 42.5 Å². The monoisotopic (exact) mass is 536 g/mol. The van der Waals surface area contributed by atoms with Gasteiger partial charge in [-0.25, -0.2) is 0 Å². The SMILES string of the molecule is COCCN1CCN(C(=O)CCc2ccc3c(c2)CN(Cc2ccccc2)CC(=O)NCCCCCO3)CC1. The van der Waals surface area contributed by atoms with E-state index in [-0.39, 0.29) is 11.8 Å². The molecular formula is C31H44N4O4. The van der Waals surface area contributed by atoms with Crippen LogP contribution in [-0.4, -0.2) is 92.7 Å². The van der Waals surface area contributed by atoms with Gasteiger partial charge in [0, 0.05) is 71.5 Å². The van der Waals surface area contributed by atoms with E-state index in [0.717, 1.165) is 75.5 Å². The Balaban J connectivity index is 1.42. The van der Waals surface area contributed by atoms with Gasteiger partial charge in [-0.3, -0.25) is 19.4 Å². The van der Waals surface area contributed by atoms with E-state index in [4.69, 9.17) is 9.47 Å². The lowest BCUT2D eigenvalue weighted by atomic mass is 10.0. The van der Waals surface area contributed by atoms with Crippen molar-refractivity contribution in [1.82, 2.24) is 20.0 Å². The van der Waals surface area contributed by atoms with E-state index < -0.39 is 0 Å². The molecule has 2 amide bonds. The van der Waals surface area contributed by atoms with Crippen molar-refractivity contribution >= 4 is 11.8 Å². The second kappa shape index (κ2) is 15.6. The van der Waals surface area contributed by atoms with Crippen LogP contribution in [0.15, 0.2) is 48.5 Å². The topological polar surface area (TPSA) is 74.4 Å². The Hall–Kier alpha value is -2.94. The van der Waals surface area contributed by atoms with Gasteiger partial charge in [0.1, 0.15) is 5.75 Å². The number of methoxy groups -OCH3 is 1. The van der Waals surface area contributed by atoms with Crippen LogP contribution in [0, 0.1) is 0 Å². The molecule has 0 saturated carbocycles. The molecule has 8 heteroatoms. The molecular weight excluding hydrogens is 492 g/mol. The Morgan fingerprint density at radius 3 is 2.56 bits per heavy atom. The number of carbonyl (C=O) groups is 2. The Morgan fingerprint density at radius 2 is 1.77 bits per heavy atom. The summed E-state index contributed by atoms with van der Waals surface area (Å²) in [6, 6.07) is 16.6.